The van der Waals surface area contributed by atoms with E-state index in [1.165, 1.54) is 27.4 Å². The minimum atomic E-state index is 0.918. The standard InChI is InChI=1S/C18H23BrN2S/c1-13-10-16(7-9-18(13)22-5)21(4)17-8-6-15(19)11-14(17)12-20(2)3/h6-11H,12H2,1-5H3. The number of rotatable bonds is 5. The molecule has 0 heterocycles. The molecule has 4 heteroatoms. The number of thioether (sulfide) groups is 1. The molecule has 0 aliphatic heterocycles. The highest BCUT2D eigenvalue weighted by Crippen LogP contribution is 2.32. The maximum atomic E-state index is 3.58. The van der Waals surface area contributed by atoms with E-state index in [4.69, 9.17) is 0 Å². The quantitative estimate of drug-likeness (QED) is 0.650. The van der Waals surface area contributed by atoms with Crippen molar-refractivity contribution in [2.24, 2.45) is 0 Å². The molecule has 0 amide bonds. The summed E-state index contributed by atoms with van der Waals surface area (Å²) in [7, 11) is 6.33. The van der Waals surface area contributed by atoms with Gasteiger partial charge in [-0.25, -0.2) is 0 Å². The molecule has 0 unspecified atom stereocenters. The molecule has 0 radical (unpaired) electrons. The SMILES string of the molecule is CSc1ccc(N(C)c2ccc(Br)cc2CN(C)C)cc1C. The van der Waals surface area contributed by atoms with Crippen LogP contribution in [0, 0.1) is 6.92 Å². The summed E-state index contributed by atoms with van der Waals surface area (Å²) in [5.41, 5.74) is 5.10. The Morgan fingerprint density at radius 1 is 1.05 bits per heavy atom. The molecule has 2 aromatic carbocycles. The molecule has 2 aromatic rings. The van der Waals surface area contributed by atoms with Crippen molar-refractivity contribution in [3.63, 3.8) is 0 Å². The molecule has 0 saturated heterocycles. The van der Waals surface area contributed by atoms with Gasteiger partial charge in [0.05, 0.1) is 0 Å². The van der Waals surface area contributed by atoms with Gasteiger partial charge in [0.25, 0.3) is 0 Å². The highest BCUT2D eigenvalue weighted by Gasteiger charge is 2.11. The Bertz CT molecular complexity index is 656. The van der Waals surface area contributed by atoms with E-state index < -0.39 is 0 Å². The number of hydrogen-bond acceptors (Lipinski definition) is 3. The van der Waals surface area contributed by atoms with E-state index in [1.54, 1.807) is 11.8 Å². The minimum Gasteiger partial charge on any atom is -0.344 e. The van der Waals surface area contributed by atoms with Gasteiger partial charge in [0, 0.05) is 34.3 Å². The van der Waals surface area contributed by atoms with Crippen molar-refractivity contribution in [1.82, 2.24) is 4.90 Å². The molecular formula is C18H23BrN2S. The second-order valence-corrected chi connectivity index (χ2v) is 7.49. The van der Waals surface area contributed by atoms with Crippen LogP contribution in [0.2, 0.25) is 0 Å². The van der Waals surface area contributed by atoms with Crippen LogP contribution in [0.3, 0.4) is 0 Å². The van der Waals surface area contributed by atoms with Crippen LogP contribution in [-0.4, -0.2) is 32.3 Å². The molecule has 0 fully saturated rings. The molecule has 0 saturated carbocycles. The summed E-state index contributed by atoms with van der Waals surface area (Å²) >= 11 is 5.38. The van der Waals surface area contributed by atoms with E-state index in [1.807, 2.05) is 0 Å². The first-order valence-corrected chi connectivity index (χ1v) is 9.25. The summed E-state index contributed by atoms with van der Waals surface area (Å²) in [5.74, 6) is 0. The van der Waals surface area contributed by atoms with Gasteiger partial charge in [-0.1, -0.05) is 15.9 Å². The molecule has 0 aliphatic rings. The van der Waals surface area contributed by atoms with E-state index in [-0.39, 0.29) is 0 Å². The highest BCUT2D eigenvalue weighted by molar-refractivity contribution is 9.10. The van der Waals surface area contributed by atoms with Gasteiger partial charge in [-0.15, -0.1) is 11.8 Å². The topological polar surface area (TPSA) is 6.48 Å². The molecular weight excluding hydrogens is 356 g/mol. The predicted molar refractivity (Wildman–Crippen MR) is 103 cm³/mol. The van der Waals surface area contributed by atoms with Crippen LogP contribution in [0.1, 0.15) is 11.1 Å². The lowest BCUT2D eigenvalue weighted by Crippen LogP contribution is -2.16. The van der Waals surface area contributed by atoms with Gasteiger partial charge in [-0.3, -0.25) is 0 Å². The Morgan fingerprint density at radius 2 is 1.77 bits per heavy atom. The summed E-state index contributed by atoms with van der Waals surface area (Å²) in [6.07, 6.45) is 2.12. The molecule has 2 nitrogen and oxygen atoms in total. The van der Waals surface area contributed by atoms with Crippen LogP contribution >= 0.6 is 27.7 Å². The Labute approximate surface area is 146 Å². The Balaban J connectivity index is 2.40. The molecule has 0 aromatic heterocycles. The smallest absolute Gasteiger partial charge is 0.0454 e. The largest absolute Gasteiger partial charge is 0.344 e. The lowest BCUT2D eigenvalue weighted by molar-refractivity contribution is 0.403. The van der Waals surface area contributed by atoms with E-state index in [2.05, 4.69) is 96.5 Å². The number of hydrogen-bond donors (Lipinski definition) is 0. The first-order valence-electron chi connectivity index (χ1n) is 7.24. The number of halogens is 1. The third-order valence-corrected chi connectivity index (χ3v) is 5.05. The molecule has 22 heavy (non-hydrogen) atoms. The number of benzene rings is 2. The van der Waals surface area contributed by atoms with Crippen molar-refractivity contribution in [2.75, 3.05) is 32.3 Å². The lowest BCUT2D eigenvalue weighted by atomic mass is 10.1. The third kappa shape index (κ3) is 4.06. The van der Waals surface area contributed by atoms with Crippen molar-refractivity contribution in [1.29, 1.82) is 0 Å². The molecule has 118 valence electrons. The fourth-order valence-corrected chi connectivity index (χ4v) is 3.55. The first-order chi connectivity index (χ1) is 10.4. The minimum absolute atomic E-state index is 0.918. The fraction of sp³-hybridized carbons (Fsp3) is 0.333. The maximum absolute atomic E-state index is 3.58. The zero-order valence-corrected chi connectivity index (χ0v) is 16.3. The summed E-state index contributed by atoms with van der Waals surface area (Å²) < 4.78 is 1.12. The average molecular weight is 379 g/mol. The van der Waals surface area contributed by atoms with E-state index in [0.717, 1.165) is 11.0 Å². The van der Waals surface area contributed by atoms with Crippen LogP contribution in [0.4, 0.5) is 11.4 Å². The van der Waals surface area contributed by atoms with Gasteiger partial charge in [0.15, 0.2) is 0 Å². The van der Waals surface area contributed by atoms with Gasteiger partial charge in [-0.2, -0.15) is 0 Å². The monoisotopic (exact) mass is 378 g/mol. The Hall–Kier alpha value is -0.970. The predicted octanol–water partition coefficient (Wildman–Crippen LogP) is 5.31. The second kappa shape index (κ2) is 7.53. The van der Waals surface area contributed by atoms with Crippen molar-refractivity contribution >= 4 is 39.1 Å². The zero-order chi connectivity index (χ0) is 16.3. The molecule has 0 aliphatic carbocycles. The summed E-state index contributed by atoms with van der Waals surface area (Å²) in [6.45, 7) is 3.09. The molecule has 0 atom stereocenters. The number of nitrogens with zero attached hydrogens (tertiary/aromatic N) is 2. The van der Waals surface area contributed by atoms with Crippen molar-refractivity contribution in [3.8, 4) is 0 Å². The van der Waals surface area contributed by atoms with E-state index in [0.29, 0.717) is 0 Å². The van der Waals surface area contributed by atoms with Crippen LogP contribution in [0.5, 0.6) is 0 Å². The first kappa shape index (κ1) is 17.4. The van der Waals surface area contributed by atoms with Crippen LogP contribution in [0.25, 0.3) is 0 Å². The molecule has 0 N–H and O–H groups in total. The summed E-state index contributed by atoms with van der Waals surface area (Å²) in [5, 5.41) is 0. The van der Waals surface area contributed by atoms with Gasteiger partial charge in [0.1, 0.15) is 0 Å². The van der Waals surface area contributed by atoms with Crippen LogP contribution in [-0.2, 0) is 6.54 Å². The fourth-order valence-electron chi connectivity index (χ4n) is 2.56. The summed E-state index contributed by atoms with van der Waals surface area (Å²) in [6, 6.07) is 13.1. The number of anilines is 2. The third-order valence-electron chi connectivity index (χ3n) is 3.66. The van der Waals surface area contributed by atoms with E-state index >= 15 is 0 Å². The number of aryl methyl sites for hydroxylation is 1. The normalized spacial score (nSPS) is 11.0. The molecule has 0 bridgehead atoms. The van der Waals surface area contributed by atoms with Crippen molar-refractivity contribution in [2.45, 2.75) is 18.4 Å². The van der Waals surface area contributed by atoms with Crippen LogP contribution < -0.4 is 4.90 Å². The summed E-state index contributed by atoms with van der Waals surface area (Å²) in [4.78, 5) is 5.80. The van der Waals surface area contributed by atoms with Crippen LogP contribution in [0.15, 0.2) is 45.8 Å². The second-order valence-electron chi connectivity index (χ2n) is 5.72. The van der Waals surface area contributed by atoms with Gasteiger partial charge >= 0.3 is 0 Å². The molecule has 0 spiro atoms. The van der Waals surface area contributed by atoms with Gasteiger partial charge < -0.3 is 9.80 Å². The average Bonchev–Trinajstić information content (AvgIpc) is 2.46. The van der Waals surface area contributed by atoms with Gasteiger partial charge in [0.2, 0.25) is 0 Å². The molecule has 2 rings (SSSR count). The highest BCUT2D eigenvalue weighted by atomic mass is 79.9. The lowest BCUT2D eigenvalue weighted by Gasteiger charge is -2.25. The Morgan fingerprint density at radius 3 is 2.36 bits per heavy atom. The zero-order valence-electron chi connectivity index (χ0n) is 13.9. The maximum Gasteiger partial charge on any atom is 0.0454 e. The van der Waals surface area contributed by atoms with Crippen molar-refractivity contribution in [3.05, 3.63) is 52.0 Å². The Kier molecular flexibility index (Phi) is 5.95. The van der Waals surface area contributed by atoms with Gasteiger partial charge in [-0.05, 0) is 74.8 Å². The van der Waals surface area contributed by atoms with E-state index in [9.17, 15) is 0 Å². The van der Waals surface area contributed by atoms with Crippen molar-refractivity contribution < 1.29 is 0 Å².